The molecule has 8 heteroatoms. The van der Waals surface area contributed by atoms with E-state index in [1.54, 1.807) is 6.92 Å². The minimum atomic E-state index is -0.902. The van der Waals surface area contributed by atoms with Crippen molar-refractivity contribution in [3.63, 3.8) is 0 Å². The second-order valence-electron chi connectivity index (χ2n) is 8.19. The highest BCUT2D eigenvalue weighted by Gasteiger charge is 2.33. The number of nitrogens with one attached hydrogen (secondary N) is 1. The average Bonchev–Trinajstić information content (AvgIpc) is 2.67. The largest absolute Gasteiger partial charge is 0.460 e. The summed E-state index contributed by atoms with van der Waals surface area (Å²) in [4.78, 5) is 41.0. The van der Waals surface area contributed by atoms with Crippen LogP contribution in [0.5, 0.6) is 0 Å². The van der Waals surface area contributed by atoms with Crippen molar-refractivity contribution >= 4 is 17.8 Å². The number of nitrogens with zero attached hydrogens (tertiary/aromatic N) is 2. The summed E-state index contributed by atoms with van der Waals surface area (Å²) in [6.07, 6.45) is 3.40. The number of unbranched alkanes of at least 4 members (excludes halogenated alkanes) is 1. The van der Waals surface area contributed by atoms with E-state index in [0.29, 0.717) is 18.9 Å². The van der Waals surface area contributed by atoms with Crippen LogP contribution in [0.2, 0.25) is 0 Å². The van der Waals surface area contributed by atoms with Crippen molar-refractivity contribution in [1.82, 2.24) is 15.1 Å². The first-order chi connectivity index (χ1) is 14.0. The Kier molecular flexibility index (Phi) is 14.0. The smallest absolute Gasteiger partial charge is 0.325 e. The van der Waals surface area contributed by atoms with Crippen LogP contribution in [0.3, 0.4) is 0 Å². The lowest BCUT2D eigenvalue weighted by Gasteiger charge is -2.31. The zero-order valence-corrected chi connectivity index (χ0v) is 19.8. The molecule has 0 heterocycles. The Balaban J connectivity index is 5.38. The zero-order chi connectivity index (χ0) is 23.3. The van der Waals surface area contributed by atoms with E-state index >= 15 is 0 Å². The molecule has 0 bridgehead atoms. The van der Waals surface area contributed by atoms with Crippen LogP contribution >= 0.6 is 0 Å². The molecule has 0 aliphatic rings. The summed E-state index contributed by atoms with van der Waals surface area (Å²) in [5, 5.41) is 2.86. The molecule has 0 rings (SSSR count). The van der Waals surface area contributed by atoms with Gasteiger partial charge in [0.1, 0.15) is 19.2 Å². The Morgan fingerprint density at radius 2 is 1.77 bits per heavy atom. The lowest BCUT2D eigenvalue weighted by molar-refractivity contribution is -0.150. The first-order valence-electron chi connectivity index (χ1n) is 10.6. The Hall–Kier alpha value is -1.93. The van der Waals surface area contributed by atoms with Gasteiger partial charge in [-0.3, -0.25) is 19.3 Å². The molecule has 0 aliphatic carbocycles. The zero-order valence-electron chi connectivity index (χ0n) is 19.8. The number of amides is 2. The highest BCUT2D eigenvalue weighted by atomic mass is 16.5. The molecule has 0 aromatic rings. The number of rotatable bonds is 15. The van der Waals surface area contributed by atoms with Crippen LogP contribution in [0.25, 0.3) is 0 Å². The molecule has 0 saturated heterocycles. The van der Waals surface area contributed by atoms with Gasteiger partial charge in [-0.2, -0.15) is 0 Å². The van der Waals surface area contributed by atoms with E-state index < -0.39 is 24.0 Å². The fourth-order valence-electron chi connectivity index (χ4n) is 2.84. The van der Waals surface area contributed by atoms with Gasteiger partial charge in [0, 0.05) is 13.7 Å². The third-order valence-corrected chi connectivity index (χ3v) is 4.64. The fraction of sp³-hybridized carbons (Fsp3) is 0.773. The van der Waals surface area contributed by atoms with Crippen molar-refractivity contribution in [2.75, 3.05) is 40.9 Å². The van der Waals surface area contributed by atoms with Gasteiger partial charge in [-0.15, -0.1) is 0 Å². The molecule has 0 unspecified atom stereocenters. The van der Waals surface area contributed by atoms with Gasteiger partial charge in [0.2, 0.25) is 11.8 Å². The van der Waals surface area contributed by atoms with Gasteiger partial charge in [0.05, 0.1) is 12.1 Å². The van der Waals surface area contributed by atoms with Crippen LogP contribution in [-0.2, 0) is 23.9 Å². The molecular formula is C22H41N3O5. The van der Waals surface area contributed by atoms with Crippen molar-refractivity contribution in [2.45, 2.75) is 65.1 Å². The summed E-state index contributed by atoms with van der Waals surface area (Å²) in [6, 6.07) is -1.27. The van der Waals surface area contributed by atoms with Crippen molar-refractivity contribution in [2.24, 2.45) is 5.92 Å². The number of esters is 1. The molecule has 2 amide bonds. The van der Waals surface area contributed by atoms with Gasteiger partial charge in [-0.05, 0) is 39.8 Å². The van der Waals surface area contributed by atoms with Crippen LogP contribution in [0.4, 0.5) is 0 Å². The Labute approximate surface area is 181 Å². The molecule has 30 heavy (non-hydrogen) atoms. The van der Waals surface area contributed by atoms with Crippen LogP contribution < -0.4 is 5.32 Å². The number of hydrogen-bond donors (Lipinski definition) is 1. The molecule has 3 atom stereocenters. The number of likely N-dealkylation sites (N-methyl/N-ethyl adjacent to an activating group) is 2. The lowest BCUT2D eigenvalue weighted by atomic mass is 10.0. The van der Waals surface area contributed by atoms with Crippen molar-refractivity contribution in [3.05, 3.63) is 12.7 Å². The van der Waals surface area contributed by atoms with E-state index in [1.165, 1.54) is 18.0 Å². The van der Waals surface area contributed by atoms with E-state index in [0.717, 1.165) is 12.8 Å². The highest BCUT2D eigenvalue weighted by molar-refractivity contribution is 5.91. The topological polar surface area (TPSA) is 88.2 Å². The van der Waals surface area contributed by atoms with Crippen LogP contribution in [0, 0.1) is 5.92 Å². The first kappa shape index (κ1) is 28.1. The van der Waals surface area contributed by atoms with Crippen molar-refractivity contribution < 1.29 is 23.9 Å². The first-order valence-corrected chi connectivity index (χ1v) is 10.6. The van der Waals surface area contributed by atoms with Gasteiger partial charge in [0.15, 0.2) is 0 Å². The number of carbonyl (C=O) groups excluding carboxylic acids is 3. The minimum absolute atomic E-state index is 0.0806. The summed E-state index contributed by atoms with van der Waals surface area (Å²) >= 11 is 0. The molecule has 0 aromatic carbocycles. The summed E-state index contributed by atoms with van der Waals surface area (Å²) in [7, 11) is 5.19. The lowest BCUT2D eigenvalue weighted by Crippen LogP contribution is -2.57. The highest BCUT2D eigenvalue weighted by Crippen LogP contribution is 2.12. The van der Waals surface area contributed by atoms with Gasteiger partial charge in [-0.1, -0.05) is 39.8 Å². The Bertz CT molecular complexity index is 551. The molecule has 0 radical (unpaired) electrons. The molecule has 174 valence electrons. The normalized spacial score (nSPS) is 14.2. The van der Waals surface area contributed by atoms with Crippen LogP contribution in [0.15, 0.2) is 12.7 Å². The summed E-state index contributed by atoms with van der Waals surface area (Å²) < 4.78 is 10.8. The molecule has 1 N–H and O–H groups in total. The Morgan fingerprint density at radius 1 is 1.13 bits per heavy atom. The van der Waals surface area contributed by atoms with E-state index in [2.05, 4.69) is 18.8 Å². The number of carbonyl (C=O) groups is 3. The van der Waals surface area contributed by atoms with E-state index in [4.69, 9.17) is 9.47 Å². The maximum Gasteiger partial charge on any atom is 0.325 e. The number of hydrogen-bond acceptors (Lipinski definition) is 6. The fourth-order valence-corrected chi connectivity index (χ4v) is 2.84. The maximum atomic E-state index is 13.1. The Morgan fingerprint density at radius 3 is 2.27 bits per heavy atom. The third kappa shape index (κ3) is 10.7. The van der Waals surface area contributed by atoms with Crippen LogP contribution in [-0.4, -0.2) is 86.7 Å². The predicted molar refractivity (Wildman–Crippen MR) is 118 cm³/mol. The van der Waals surface area contributed by atoms with Gasteiger partial charge >= 0.3 is 5.97 Å². The second-order valence-corrected chi connectivity index (χ2v) is 8.19. The maximum absolute atomic E-state index is 13.1. The minimum Gasteiger partial charge on any atom is -0.460 e. The monoisotopic (exact) mass is 427 g/mol. The van der Waals surface area contributed by atoms with Gasteiger partial charge in [-0.25, -0.2) is 0 Å². The molecule has 8 nitrogen and oxygen atoms in total. The molecule has 0 fully saturated rings. The van der Waals surface area contributed by atoms with E-state index in [9.17, 15) is 14.4 Å². The SMILES string of the molecule is C=CCOC(=O)CN(C)C(=O)[C@@H](NC(=O)[C@H](CC(C)C)N(C)C)[C@@H](C)OCCCC. The molecule has 0 aliphatic heterocycles. The summed E-state index contributed by atoms with van der Waals surface area (Å²) in [5.41, 5.74) is 0. The third-order valence-electron chi connectivity index (χ3n) is 4.64. The van der Waals surface area contributed by atoms with E-state index in [-0.39, 0.29) is 25.1 Å². The second kappa shape index (κ2) is 15.0. The summed E-state index contributed by atoms with van der Waals surface area (Å²) in [6.45, 7) is 11.7. The number of ether oxygens (including phenoxy) is 2. The summed E-state index contributed by atoms with van der Waals surface area (Å²) in [5.74, 6) is -0.857. The molecule has 0 spiro atoms. The van der Waals surface area contributed by atoms with E-state index in [1.807, 2.05) is 32.8 Å². The molecule has 0 saturated carbocycles. The quantitative estimate of drug-likeness (QED) is 0.244. The predicted octanol–water partition coefficient (Wildman–Crippen LogP) is 1.84. The van der Waals surface area contributed by atoms with Gasteiger partial charge in [0.25, 0.3) is 0 Å². The van der Waals surface area contributed by atoms with Crippen molar-refractivity contribution in [1.29, 1.82) is 0 Å². The van der Waals surface area contributed by atoms with Crippen LogP contribution in [0.1, 0.15) is 47.0 Å². The van der Waals surface area contributed by atoms with Gasteiger partial charge < -0.3 is 19.7 Å². The molecule has 0 aromatic heterocycles. The standard InChI is InChI=1S/C22H41N3O5/c1-9-11-13-29-17(5)20(22(28)25(8)15-19(26)30-12-10-2)23-21(27)18(24(6)7)14-16(3)4/h10,16-18,20H,2,9,11-15H2,1,3-8H3,(H,23,27)/t17-,18+,20+/m1/s1. The van der Waals surface area contributed by atoms with Crippen molar-refractivity contribution in [3.8, 4) is 0 Å². The average molecular weight is 428 g/mol. The molecular weight excluding hydrogens is 386 g/mol.